The van der Waals surface area contributed by atoms with Gasteiger partial charge in [0.05, 0.1) is 6.07 Å². The van der Waals surface area contributed by atoms with Crippen LogP contribution in [0.3, 0.4) is 0 Å². The summed E-state index contributed by atoms with van der Waals surface area (Å²) in [6, 6.07) is 1.88. The lowest BCUT2D eigenvalue weighted by molar-refractivity contribution is -0.148. The van der Waals surface area contributed by atoms with E-state index in [0.29, 0.717) is 12.8 Å². The van der Waals surface area contributed by atoms with E-state index in [1.165, 1.54) is 4.90 Å². The van der Waals surface area contributed by atoms with Gasteiger partial charge in [0.1, 0.15) is 12.1 Å². The van der Waals surface area contributed by atoms with Gasteiger partial charge >= 0.3 is 0 Å². The summed E-state index contributed by atoms with van der Waals surface area (Å²) < 4.78 is 0. The molecule has 72 valence electrons. The molecule has 4 nitrogen and oxygen atoms in total. The maximum Gasteiger partial charge on any atom is 0.255 e. The van der Waals surface area contributed by atoms with Crippen LogP contribution in [0.4, 0.5) is 0 Å². The van der Waals surface area contributed by atoms with Gasteiger partial charge in [0.2, 0.25) is 0 Å². The number of aliphatic hydroxyl groups is 1. The van der Waals surface area contributed by atoms with Crippen LogP contribution in [0.5, 0.6) is 0 Å². The molecule has 0 aliphatic heterocycles. The Morgan fingerprint density at radius 3 is 2.62 bits per heavy atom. The molecular formula is C9H14N2O2. The summed E-state index contributed by atoms with van der Waals surface area (Å²) in [5, 5.41) is 18.2. The van der Waals surface area contributed by atoms with E-state index in [1.807, 2.05) is 6.07 Å². The Balaban J connectivity index is 2.61. The summed E-state index contributed by atoms with van der Waals surface area (Å²) in [5.74, 6) is -0.313. The van der Waals surface area contributed by atoms with E-state index in [2.05, 4.69) is 0 Å². The van der Waals surface area contributed by atoms with Gasteiger partial charge in [-0.1, -0.05) is 0 Å². The molecule has 0 heterocycles. The minimum Gasteiger partial charge on any atom is -0.380 e. The predicted molar refractivity (Wildman–Crippen MR) is 46.7 cm³/mol. The Labute approximate surface area is 77.8 Å². The molecule has 0 unspecified atom stereocenters. The van der Waals surface area contributed by atoms with Gasteiger partial charge in [0.15, 0.2) is 0 Å². The van der Waals surface area contributed by atoms with Gasteiger partial charge in [0, 0.05) is 7.05 Å². The Hall–Kier alpha value is -1.08. The van der Waals surface area contributed by atoms with Crippen LogP contribution in [-0.4, -0.2) is 35.1 Å². The Morgan fingerprint density at radius 1 is 1.62 bits per heavy atom. The minimum atomic E-state index is -1.19. The van der Waals surface area contributed by atoms with Crippen molar-refractivity contribution in [2.75, 3.05) is 13.6 Å². The molecule has 0 aromatic carbocycles. The highest BCUT2D eigenvalue weighted by Gasteiger charge is 2.40. The fourth-order valence-corrected chi connectivity index (χ4v) is 1.71. The van der Waals surface area contributed by atoms with Crippen LogP contribution in [0.25, 0.3) is 0 Å². The molecule has 4 heteroatoms. The van der Waals surface area contributed by atoms with Crippen molar-refractivity contribution in [3.05, 3.63) is 0 Å². The van der Waals surface area contributed by atoms with Crippen LogP contribution in [0, 0.1) is 11.3 Å². The molecular weight excluding hydrogens is 168 g/mol. The Kier molecular flexibility index (Phi) is 2.89. The molecule has 0 radical (unpaired) electrons. The van der Waals surface area contributed by atoms with E-state index in [1.54, 1.807) is 7.05 Å². The van der Waals surface area contributed by atoms with E-state index < -0.39 is 5.60 Å². The van der Waals surface area contributed by atoms with Gasteiger partial charge in [-0.05, 0) is 25.7 Å². The third-order valence-corrected chi connectivity index (χ3v) is 2.48. The van der Waals surface area contributed by atoms with Gasteiger partial charge in [-0.2, -0.15) is 5.26 Å². The van der Waals surface area contributed by atoms with E-state index in [9.17, 15) is 9.90 Å². The summed E-state index contributed by atoms with van der Waals surface area (Å²) in [5.41, 5.74) is -1.19. The standard InChI is InChI=1S/C9H14N2O2/c1-11(7-6-10)8(12)9(13)4-2-3-5-9/h13H,2-5,7H2,1H3. The number of likely N-dealkylation sites (N-methyl/N-ethyl adjacent to an activating group) is 1. The Morgan fingerprint density at radius 2 is 2.15 bits per heavy atom. The topological polar surface area (TPSA) is 64.3 Å². The molecule has 0 bridgehead atoms. The van der Waals surface area contributed by atoms with Crippen molar-refractivity contribution >= 4 is 5.91 Å². The van der Waals surface area contributed by atoms with E-state index in [-0.39, 0.29) is 12.5 Å². The smallest absolute Gasteiger partial charge is 0.255 e. The number of nitriles is 1. The average Bonchev–Trinajstić information content (AvgIpc) is 2.52. The average molecular weight is 182 g/mol. The highest BCUT2D eigenvalue weighted by atomic mass is 16.3. The van der Waals surface area contributed by atoms with E-state index in [0.717, 1.165) is 12.8 Å². The molecule has 0 spiro atoms. The van der Waals surface area contributed by atoms with E-state index >= 15 is 0 Å². The van der Waals surface area contributed by atoms with Crippen LogP contribution < -0.4 is 0 Å². The predicted octanol–water partition coefficient (Wildman–Crippen LogP) is 0.273. The van der Waals surface area contributed by atoms with E-state index in [4.69, 9.17) is 5.26 Å². The second-order valence-electron chi connectivity index (χ2n) is 3.56. The van der Waals surface area contributed by atoms with Crippen molar-refractivity contribution in [1.82, 2.24) is 4.90 Å². The van der Waals surface area contributed by atoms with Crippen molar-refractivity contribution in [3.8, 4) is 6.07 Å². The number of rotatable bonds is 2. The number of carbonyl (C=O) groups excluding carboxylic acids is 1. The molecule has 1 rings (SSSR count). The number of carbonyl (C=O) groups is 1. The van der Waals surface area contributed by atoms with Gasteiger partial charge in [-0.25, -0.2) is 0 Å². The minimum absolute atomic E-state index is 0.0428. The van der Waals surface area contributed by atoms with Crippen LogP contribution >= 0.6 is 0 Å². The summed E-state index contributed by atoms with van der Waals surface area (Å²) in [6.45, 7) is 0.0428. The third-order valence-electron chi connectivity index (χ3n) is 2.48. The number of hydrogen-bond donors (Lipinski definition) is 1. The molecule has 13 heavy (non-hydrogen) atoms. The molecule has 1 amide bonds. The van der Waals surface area contributed by atoms with Crippen molar-refractivity contribution < 1.29 is 9.90 Å². The molecule has 1 N–H and O–H groups in total. The first-order valence-corrected chi connectivity index (χ1v) is 4.45. The first kappa shape index (κ1) is 10.0. The first-order valence-electron chi connectivity index (χ1n) is 4.45. The van der Waals surface area contributed by atoms with Crippen LogP contribution in [-0.2, 0) is 4.79 Å². The molecule has 0 aromatic rings. The quantitative estimate of drug-likeness (QED) is 0.623. The maximum atomic E-state index is 11.6. The Bertz CT molecular complexity index is 238. The number of amides is 1. The lowest BCUT2D eigenvalue weighted by Gasteiger charge is -2.25. The van der Waals surface area contributed by atoms with Gasteiger partial charge in [-0.3, -0.25) is 4.79 Å². The van der Waals surface area contributed by atoms with Crippen LogP contribution in [0.2, 0.25) is 0 Å². The molecule has 0 saturated heterocycles. The zero-order valence-electron chi connectivity index (χ0n) is 7.79. The molecule has 1 saturated carbocycles. The highest BCUT2D eigenvalue weighted by molar-refractivity contribution is 5.85. The van der Waals surface area contributed by atoms with Crippen molar-refractivity contribution in [3.63, 3.8) is 0 Å². The molecule has 0 atom stereocenters. The summed E-state index contributed by atoms with van der Waals surface area (Å²) >= 11 is 0. The lowest BCUT2D eigenvalue weighted by Crippen LogP contribution is -2.45. The second-order valence-corrected chi connectivity index (χ2v) is 3.56. The van der Waals surface area contributed by atoms with Gasteiger partial charge in [0.25, 0.3) is 5.91 Å². The van der Waals surface area contributed by atoms with Crippen molar-refractivity contribution in [2.45, 2.75) is 31.3 Å². The maximum absolute atomic E-state index is 11.6. The van der Waals surface area contributed by atoms with Crippen molar-refractivity contribution in [1.29, 1.82) is 5.26 Å². The normalized spacial score (nSPS) is 19.5. The molecule has 1 aliphatic rings. The van der Waals surface area contributed by atoms with Crippen LogP contribution in [0.1, 0.15) is 25.7 Å². The SMILES string of the molecule is CN(CC#N)C(=O)C1(O)CCCC1. The molecule has 1 fully saturated rings. The zero-order valence-corrected chi connectivity index (χ0v) is 7.79. The van der Waals surface area contributed by atoms with Gasteiger partial charge in [-0.15, -0.1) is 0 Å². The number of hydrogen-bond acceptors (Lipinski definition) is 3. The third kappa shape index (κ3) is 1.99. The summed E-state index contributed by atoms with van der Waals surface area (Å²) in [7, 11) is 1.54. The highest BCUT2D eigenvalue weighted by Crippen LogP contribution is 2.30. The van der Waals surface area contributed by atoms with Crippen molar-refractivity contribution in [2.24, 2.45) is 0 Å². The fraction of sp³-hybridized carbons (Fsp3) is 0.778. The lowest BCUT2D eigenvalue weighted by atomic mass is 10.0. The molecule has 0 aromatic heterocycles. The molecule has 1 aliphatic carbocycles. The summed E-state index contributed by atoms with van der Waals surface area (Å²) in [4.78, 5) is 12.9. The zero-order chi connectivity index (χ0) is 9.90. The first-order chi connectivity index (χ1) is 6.10. The second kappa shape index (κ2) is 3.75. The van der Waals surface area contributed by atoms with Crippen LogP contribution in [0.15, 0.2) is 0 Å². The van der Waals surface area contributed by atoms with Gasteiger partial charge < -0.3 is 10.0 Å². The number of nitrogens with zero attached hydrogens (tertiary/aromatic N) is 2. The fourth-order valence-electron chi connectivity index (χ4n) is 1.71. The largest absolute Gasteiger partial charge is 0.380 e. The monoisotopic (exact) mass is 182 g/mol. The summed E-state index contributed by atoms with van der Waals surface area (Å²) in [6.07, 6.45) is 2.84.